The molecule has 1 N–H and O–H groups in total. The van der Waals surface area contributed by atoms with E-state index in [0.29, 0.717) is 29.9 Å². The van der Waals surface area contributed by atoms with Crippen LogP contribution in [0.15, 0.2) is 48.5 Å². The number of rotatable bonds is 6. The van der Waals surface area contributed by atoms with Crippen molar-refractivity contribution in [3.8, 4) is 0 Å². The first-order valence-corrected chi connectivity index (χ1v) is 11.8. The maximum Gasteiger partial charge on any atom is 0.411 e. The minimum Gasteiger partial charge on any atom is -0.438 e. The summed E-state index contributed by atoms with van der Waals surface area (Å²) in [5, 5.41) is 2.83. The van der Waals surface area contributed by atoms with Gasteiger partial charge < -0.3 is 19.9 Å². The van der Waals surface area contributed by atoms with Crippen LogP contribution in [0.25, 0.3) is 0 Å². The van der Waals surface area contributed by atoms with Crippen LogP contribution in [0.2, 0.25) is 0 Å². The van der Waals surface area contributed by atoms with Crippen molar-refractivity contribution < 1.29 is 23.5 Å². The summed E-state index contributed by atoms with van der Waals surface area (Å²) in [6.07, 6.45) is -1.44. The molecule has 186 valence electrons. The summed E-state index contributed by atoms with van der Waals surface area (Å²) in [7, 11) is 2.00. The molecule has 0 aliphatic carbocycles. The lowest BCUT2D eigenvalue weighted by Crippen LogP contribution is -2.54. The molecule has 3 amide bonds. The smallest absolute Gasteiger partial charge is 0.411 e. The number of benzene rings is 2. The zero-order chi connectivity index (χ0) is 25.1. The van der Waals surface area contributed by atoms with Gasteiger partial charge in [0.25, 0.3) is 0 Å². The molecule has 2 unspecified atom stereocenters. The van der Waals surface area contributed by atoms with Gasteiger partial charge in [0.05, 0.1) is 6.54 Å². The van der Waals surface area contributed by atoms with Crippen molar-refractivity contribution in [3.05, 3.63) is 65.5 Å². The van der Waals surface area contributed by atoms with Gasteiger partial charge in [-0.2, -0.15) is 0 Å². The van der Waals surface area contributed by atoms with Gasteiger partial charge in [0.1, 0.15) is 5.82 Å². The molecule has 4 rings (SSSR count). The van der Waals surface area contributed by atoms with Gasteiger partial charge in [0.2, 0.25) is 11.8 Å². The largest absolute Gasteiger partial charge is 0.438 e. The van der Waals surface area contributed by atoms with Crippen LogP contribution in [-0.2, 0) is 20.9 Å². The molecule has 2 saturated heterocycles. The fraction of sp³-hybridized carbons (Fsp3) is 0.423. The Kier molecular flexibility index (Phi) is 7.35. The molecule has 0 saturated carbocycles. The molecule has 2 aromatic rings. The Morgan fingerprint density at radius 2 is 1.77 bits per heavy atom. The van der Waals surface area contributed by atoms with Crippen LogP contribution in [0, 0.1) is 11.7 Å². The third kappa shape index (κ3) is 5.62. The summed E-state index contributed by atoms with van der Waals surface area (Å²) < 4.78 is 19.5. The molecule has 2 atom stereocenters. The van der Waals surface area contributed by atoms with E-state index in [2.05, 4.69) is 10.2 Å². The lowest BCUT2D eigenvalue weighted by molar-refractivity contribution is -0.138. The van der Waals surface area contributed by atoms with Gasteiger partial charge in [0, 0.05) is 37.8 Å². The van der Waals surface area contributed by atoms with E-state index in [4.69, 9.17) is 4.74 Å². The SMILES string of the molecule is CC(C)C(=O)Nc1ccc(C2OC(=O)N(Cc3cccc(F)c3)C2C(=O)N2CCN(C)CC2)cc1. The van der Waals surface area contributed by atoms with E-state index in [-0.39, 0.29) is 24.3 Å². The zero-order valence-electron chi connectivity index (χ0n) is 20.2. The highest BCUT2D eigenvalue weighted by Gasteiger charge is 2.48. The molecule has 2 fully saturated rings. The predicted octanol–water partition coefficient (Wildman–Crippen LogP) is 3.26. The molecule has 0 bridgehead atoms. The van der Waals surface area contributed by atoms with E-state index >= 15 is 0 Å². The molecular formula is C26H31FN4O4. The quantitative estimate of drug-likeness (QED) is 0.684. The van der Waals surface area contributed by atoms with Gasteiger partial charge in [-0.05, 0) is 42.4 Å². The molecule has 9 heteroatoms. The van der Waals surface area contributed by atoms with Crippen molar-refractivity contribution in [2.45, 2.75) is 32.5 Å². The highest BCUT2D eigenvalue weighted by Crippen LogP contribution is 2.35. The summed E-state index contributed by atoms with van der Waals surface area (Å²) >= 11 is 0. The Labute approximate surface area is 204 Å². The average Bonchev–Trinajstić information content (AvgIpc) is 3.15. The number of carbonyl (C=O) groups excluding carboxylic acids is 3. The highest BCUT2D eigenvalue weighted by molar-refractivity contribution is 5.92. The number of hydrogen-bond acceptors (Lipinski definition) is 5. The van der Waals surface area contributed by atoms with Crippen molar-refractivity contribution in [3.63, 3.8) is 0 Å². The Hall–Kier alpha value is -3.46. The van der Waals surface area contributed by atoms with Gasteiger partial charge in [-0.15, -0.1) is 0 Å². The monoisotopic (exact) mass is 482 g/mol. The number of anilines is 1. The molecule has 2 heterocycles. The first-order chi connectivity index (χ1) is 16.7. The van der Waals surface area contributed by atoms with Crippen LogP contribution < -0.4 is 5.32 Å². The highest BCUT2D eigenvalue weighted by atomic mass is 19.1. The van der Waals surface area contributed by atoms with Crippen LogP contribution in [0.4, 0.5) is 14.9 Å². The Balaban J connectivity index is 1.61. The second-order valence-corrected chi connectivity index (χ2v) is 9.40. The van der Waals surface area contributed by atoms with Crippen LogP contribution in [0.1, 0.15) is 31.1 Å². The Bertz CT molecular complexity index is 1080. The van der Waals surface area contributed by atoms with Crippen molar-refractivity contribution >= 4 is 23.6 Å². The number of carbonyl (C=O) groups is 3. The topological polar surface area (TPSA) is 82.2 Å². The maximum absolute atomic E-state index is 13.8. The molecule has 2 aliphatic rings. The molecule has 8 nitrogen and oxygen atoms in total. The first kappa shape index (κ1) is 24.7. The van der Waals surface area contributed by atoms with Gasteiger partial charge >= 0.3 is 6.09 Å². The number of cyclic esters (lactones) is 1. The third-order valence-corrected chi connectivity index (χ3v) is 6.43. The number of piperazine rings is 1. The van der Waals surface area contributed by atoms with Crippen molar-refractivity contribution in [1.29, 1.82) is 0 Å². The zero-order valence-corrected chi connectivity index (χ0v) is 20.2. The minimum atomic E-state index is -0.884. The lowest BCUT2D eigenvalue weighted by Gasteiger charge is -2.36. The fourth-order valence-electron chi connectivity index (χ4n) is 4.28. The van der Waals surface area contributed by atoms with Crippen LogP contribution in [0.3, 0.4) is 0 Å². The molecule has 2 aliphatic heterocycles. The number of amides is 3. The van der Waals surface area contributed by atoms with Crippen molar-refractivity contribution in [2.24, 2.45) is 5.92 Å². The van der Waals surface area contributed by atoms with Gasteiger partial charge in [-0.3, -0.25) is 14.5 Å². The summed E-state index contributed by atoms with van der Waals surface area (Å²) in [6, 6.07) is 12.1. The normalized spacial score (nSPS) is 20.8. The molecule has 0 spiro atoms. The number of ether oxygens (including phenoxy) is 1. The molecular weight excluding hydrogens is 451 g/mol. The van der Waals surface area contributed by atoms with Crippen molar-refractivity contribution in [1.82, 2.24) is 14.7 Å². The standard InChI is InChI=1S/C26H31FN4O4/c1-17(2)24(32)28-21-9-7-19(8-10-21)23-22(25(33)30-13-11-29(3)12-14-30)31(26(34)35-23)16-18-5-4-6-20(27)15-18/h4-10,15,17,22-23H,11-14,16H2,1-3H3,(H,28,32). The number of hydrogen-bond donors (Lipinski definition) is 1. The van der Waals surface area contributed by atoms with Gasteiger partial charge in [0.15, 0.2) is 12.1 Å². The summed E-state index contributed by atoms with van der Waals surface area (Å²) in [6.45, 7) is 6.27. The third-order valence-electron chi connectivity index (χ3n) is 6.43. The van der Waals surface area contributed by atoms with E-state index < -0.39 is 24.1 Å². The number of likely N-dealkylation sites (N-methyl/N-ethyl adjacent to an activating group) is 1. The van der Waals surface area contributed by atoms with E-state index in [9.17, 15) is 18.8 Å². The lowest BCUT2D eigenvalue weighted by atomic mass is 9.99. The van der Waals surface area contributed by atoms with Gasteiger partial charge in [-0.1, -0.05) is 38.1 Å². The van der Waals surface area contributed by atoms with Crippen LogP contribution >= 0.6 is 0 Å². The molecule has 35 heavy (non-hydrogen) atoms. The van der Waals surface area contributed by atoms with E-state index in [1.54, 1.807) is 41.3 Å². The summed E-state index contributed by atoms with van der Waals surface area (Å²) in [5.41, 5.74) is 1.84. The number of halogens is 1. The predicted molar refractivity (Wildman–Crippen MR) is 129 cm³/mol. The first-order valence-electron chi connectivity index (χ1n) is 11.8. The fourth-order valence-corrected chi connectivity index (χ4v) is 4.28. The van der Waals surface area contributed by atoms with E-state index in [0.717, 1.165) is 13.1 Å². The maximum atomic E-state index is 13.8. The van der Waals surface area contributed by atoms with E-state index in [1.165, 1.54) is 17.0 Å². The minimum absolute atomic E-state index is 0.0553. The molecule has 0 aromatic heterocycles. The number of nitrogens with one attached hydrogen (secondary N) is 1. The number of nitrogens with zero attached hydrogens (tertiary/aromatic N) is 3. The Morgan fingerprint density at radius 3 is 2.40 bits per heavy atom. The molecule has 0 radical (unpaired) electrons. The Morgan fingerprint density at radius 1 is 1.09 bits per heavy atom. The second kappa shape index (κ2) is 10.4. The van der Waals surface area contributed by atoms with Crippen LogP contribution in [0.5, 0.6) is 0 Å². The average molecular weight is 483 g/mol. The van der Waals surface area contributed by atoms with Gasteiger partial charge in [-0.25, -0.2) is 9.18 Å². The second-order valence-electron chi connectivity index (χ2n) is 9.40. The summed E-state index contributed by atoms with van der Waals surface area (Å²) in [5.74, 6) is -0.864. The molecule has 2 aromatic carbocycles. The van der Waals surface area contributed by atoms with Crippen LogP contribution in [-0.4, -0.2) is 71.9 Å². The summed E-state index contributed by atoms with van der Waals surface area (Å²) in [4.78, 5) is 43.9. The van der Waals surface area contributed by atoms with E-state index in [1.807, 2.05) is 20.9 Å². The van der Waals surface area contributed by atoms with Crippen molar-refractivity contribution in [2.75, 3.05) is 38.5 Å².